The van der Waals surface area contributed by atoms with Crippen molar-refractivity contribution in [3.05, 3.63) is 83.7 Å². The lowest BCUT2D eigenvalue weighted by Gasteiger charge is -2.32. The number of anilines is 3. The highest BCUT2D eigenvalue weighted by Gasteiger charge is 2.32. The summed E-state index contributed by atoms with van der Waals surface area (Å²) in [6, 6.07) is 22.4. The summed E-state index contributed by atoms with van der Waals surface area (Å²) in [4.78, 5) is 7.05. The van der Waals surface area contributed by atoms with Gasteiger partial charge in [-0.05, 0) is 60.9 Å². The van der Waals surface area contributed by atoms with Gasteiger partial charge in [0.05, 0.1) is 5.69 Å². The molecule has 3 aromatic carbocycles. The molecule has 1 saturated heterocycles. The van der Waals surface area contributed by atoms with Gasteiger partial charge in [-0.1, -0.05) is 24.3 Å². The van der Waals surface area contributed by atoms with Crippen molar-refractivity contribution in [2.75, 3.05) is 43.5 Å². The van der Waals surface area contributed by atoms with E-state index >= 15 is 0 Å². The number of benzene rings is 3. The van der Waals surface area contributed by atoms with Gasteiger partial charge in [0.25, 0.3) is 0 Å². The van der Waals surface area contributed by atoms with Crippen LogP contribution in [0.2, 0.25) is 0 Å². The van der Waals surface area contributed by atoms with Crippen LogP contribution >= 0.6 is 0 Å². The second-order valence-corrected chi connectivity index (χ2v) is 8.95. The summed E-state index contributed by atoms with van der Waals surface area (Å²) in [5.74, 6) is 0.648. The Labute approximate surface area is 189 Å². The van der Waals surface area contributed by atoms with Crippen LogP contribution in [0.25, 0.3) is 0 Å². The molecule has 0 spiro atoms. The molecule has 0 unspecified atom stereocenters. The first-order chi connectivity index (χ1) is 15.6. The Morgan fingerprint density at radius 3 is 2.62 bits per heavy atom. The second kappa shape index (κ2) is 8.83. The minimum Gasteiger partial charge on any atom is -0.487 e. The summed E-state index contributed by atoms with van der Waals surface area (Å²) in [6.07, 6.45) is 2.12. The maximum Gasteiger partial charge on any atom is 0.143 e. The Morgan fingerprint density at radius 1 is 1.00 bits per heavy atom. The van der Waals surface area contributed by atoms with Gasteiger partial charge in [-0.3, -0.25) is 0 Å². The molecule has 4 nitrogen and oxygen atoms in total. The fourth-order valence-corrected chi connectivity index (χ4v) is 4.84. The average Bonchev–Trinajstić information content (AvgIpc) is 3.20. The second-order valence-electron chi connectivity index (χ2n) is 8.95. The SMILES string of the molecule is CN(C)c1ccc(CCN2CC[C@@H](N3c4ccc(F)cc4COc4ccccc43)C2)cc1. The van der Waals surface area contributed by atoms with Gasteiger partial charge in [0.2, 0.25) is 0 Å². The Morgan fingerprint density at radius 2 is 1.81 bits per heavy atom. The molecule has 0 aromatic heterocycles. The number of hydrogen-bond acceptors (Lipinski definition) is 4. The van der Waals surface area contributed by atoms with Gasteiger partial charge in [0, 0.05) is 56.7 Å². The molecule has 3 aromatic rings. The number of fused-ring (bicyclic) bond motifs is 2. The topological polar surface area (TPSA) is 19.0 Å². The van der Waals surface area contributed by atoms with Gasteiger partial charge in [-0.25, -0.2) is 4.39 Å². The number of ether oxygens (including phenoxy) is 1. The number of nitrogens with zero attached hydrogens (tertiary/aromatic N) is 3. The quantitative estimate of drug-likeness (QED) is 0.550. The number of hydrogen-bond donors (Lipinski definition) is 0. The first kappa shape index (κ1) is 20.8. The molecule has 0 amide bonds. The molecule has 0 aliphatic carbocycles. The van der Waals surface area contributed by atoms with Crippen LogP contribution in [-0.2, 0) is 13.0 Å². The highest BCUT2D eigenvalue weighted by Crippen LogP contribution is 2.42. The van der Waals surface area contributed by atoms with Gasteiger partial charge in [0.1, 0.15) is 18.2 Å². The first-order valence-electron chi connectivity index (χ1n) is 11.4. The van der Waals surface area contributed by atoms with Gasteiger partial charge < -0.3 is 19.4 Å². The maximum atomic E-state index is 14.0. The van der Waals surface area contributed by atoms with E-state index in [-0.39, 0.29) is 5.82 Å². The molecule has 0 saturated carbocycles. The fraction of sp³-hybridized carbons (Fsp3) is 0.333. The summed E-state index contributed by atoms with van der Waals surface area (Å²) < 4.78 is 20.0. The van der Waals surface area contributed by atoms with E-state index in [1.807, 2.05) is 24.3 Å². The third-order valence-corrected chi connectivity index (χ3v) is 6.59. The summed E-state index contributed by atoms with van der Waals surface area (Å²) in [6.45, 7) is 3.48. The lowest BCUT2D eigenvalue weighted by atomic mass is 10.1. The molecule has 0 bridgehead atoms. The van der Waals surface area contributed by atoms with E-state index in [0.717, 1.165) is 55.2 Å². The van der Waals surface area contributed by atoms with Crippen LogP contribution in [0.1, 0.15) is 17.5 Å². The fourth-order valence-electron chi connectivity index (χ4n) is 4.84. The highest BCUT2D eigenvalue weighted by atomic mass is 19.1. The van der Waals surface area contributed by atoms with E-state index in [9.17, 15) is 4.39 Å². The van der Waals surface area contributed by atoms with Crippen LogP contribution in [0.3, 0.4) is 0 Å². The number of rotatable bonds is 5. The molecular formula is C27H30FN3O. The Bertz CT molecular complexity index is 1080. The molecule has 0 N–H and O–H groups in total. The Kier molecular flexibility index (Phi) is 5.75. The largest absolute Gasteiger partial charge is 0.487 e. The average molecular weight is 432 g/mol. The standard InChI is InChI=1S/C27H30FN3O/c1-29(2)23-10-7-20(8-11-23)13-15-30-16-14-24(18-30)31-25-12-9-22(28)17-21(25)19-32-27-6-4-3-5-26(27)31/h3-12,17,24H,13-16,18-19H2,1-2H3/t24-/m1/s1. The van der Waals surface area contributed by atoms with Crippen molar-refractivity contribution >= 4 is 17.1 Å². The van der Waals surface area contributed by atoms with Crippen LogP contribution < -0.4 is 14.5 Å². The normalized spacial score (nSPS) is 18.0. The number of likely N-dealkylation sites (tertiary alicyclic amines) is 1. The molecular weight excluding hydrogens is 401 g/mol. The van der Waals surface area contributed by atoms with Crippen molar-refractivity contribution < 1.29 is 9.13 Å². The predicted octanol–water partition coefficient (Wildman–Crippen LogP) is 5.24. The molecule has 166 valence electrons. The van der Waals surface area contributed by atoms with Crippen molar-refractivity contribution in [3.8, 4) is 5.75 Å². The zero-order chi connectivity index (χ0) is 22.1. The van der Waals surface area contributed by atoms with E-state index in [1.165, 1.54) is 11.3 Å². The molecule has 1 atom stereocenters. The van der Waals surface area contributed by atoms with Crippen LogP contribution in [0.4, 0.5) is 21.5 Å². The van der Waals surface area contributed by atoms with Crippen LogP contribution in [0.15, 0.2) is 66.7 Å². The Hall–Kier alpha value is -3.05. The van der Waals surface area contributed by atoms with Crippen molar-refractivity contribution in [1.29, 1.82) is 0 Å². The summed E-state index contributed by atoms with van der Waals surface area (Å²) in [7, 11) is 4.13. The maximum absolute atomic E-state index is 14.0. The highest BCUT2D eigenvalue weighted by molar-refractivity contribution is 5.73. The van der Waals surface area contributed by atoms with Crippen LogP contribution in [-0.4, -0.2) is 44.7 Å². The molecule has 5 heteroatoms. The van der Waals surface area contributed by atoms with Gasteiger partial charge in [0.15, 0.2) is 0 Å². The van der Waals surface area contributed by atoms with Crippen molar-refractivity contribution in [3.63, 3.8) is 0 Å². The first-order valence-corrected chi connectivity index (χ1v) is 11.4. The van der Waals surface area contributed by atoms with E-state index < -0.39 is 0 Å². The Balaban J connectivity index is 1.33. The number of para-hydroxylation sites is 2. The van der Waals surface area contributed by atoms with E-state index in [2.05, 4.69) is 59.1 Å². The molecule has 0 radical (unpaired) electrons. The molecule has 1 fully saturated rings. The minimum absolute atomic E-state index is 0.216. The lowest BCUT2D eigenvalue weighted by Crippen LogP contribution is -2.35. The molecule has 32 heavy (non-hydrogen) atoms. The summed E-state index contributed by atoms with van der Waals surface area (Å²) in [5, 5.41) is 0. The van der Waals surface area contributed by atoms with Crippen LogP contribution in [0, 0.1) is 5.82 Å². The molecule has 5 rings (SSSR count). The van der Waals surface area contributed by atoms with E-state index in [4.69, 9.17) is 4.74 Å². The lowest BCUT2D eigenvalue weighted by molar-refractivity contribution is 0.310. The van der Waals surface area contributed by atoms with Gasteiger partial charge >= 0.3 is 0 Å². The molecule has 2 heterocycles. The van der Waals surface area contributed by atoms with Gasteiger partial charge in [-0.2, -0.15) is 0 Å². The van der Waals surface area contributed by atoms with Crippen molar-refractivity contribution in [2.45, 2.75) is 25.5 Å². The monoisotopic (exact) mass is 431 g/mol. The van der Waals surface area contributed by atoms with E-state index in [0.29, 0.717) is 12.6 Å². The van der Waals surface area contributed by atoms with E-state index in [1.54, 1.807) is 12.1 Å². The van der Waals surface area contributed by atoms with Crippen LogP contribution in [0.5, 0.6) is 5.75 Å². The third kappa shape index (κ3) is 4.17. The zero-order valence-electron chi connectivity index (χ0n) is 18.8. The summed E-state index contributed by atoms with van der Waals surface area (Å²) in [5.41, 5.74) is 5.63. The molecule has 2 aliphatic rings. The summed E-state index contributed by atoms with van der Waals surface area (Å²) >= 11 is 0. The third-order valence-electron chi connectivity index (χ3n) is 6.59. The van der Waals surface area contributed by atoms with Gasteiger partial charge in [-0.15, -0.1) is 0 Å². The predicted molar refractivity (Wildman–Crippen MR) is 129 cm³/mol. The van der Waals surface area contributed by atoms with Crippen molar-refractivity contribution in [2.24, 2.45) is 0 Å². The molecule has 2 aliphatic heterocycles. The smallest absolute Gasteiger partial charge is 0.143 e. The zero-order valence-corrected chi connectivity index (χ0v) is 18.8. The number of halogens is 1. The minimum atomic E-state index is -0.216. The van der Waals surface area contributed by atoms with Crippen molar-refractivity contribution in [1.82, 2.24) is 4.90 Å².